The molecule has 0 aliphatic carbocycles. The van der Waals surface area contributed by atoms with Crippen LogP contribution in [0.3, 0.4) is 0 Å². The van der Waals surface area contributed by atoms with Crippen LogP contribution in [0.2, 0.25) is 5.02 Å². The van der Waals surface area contributed by atoms with Crippen LogP contribution in [0.4, 0.5) is 11.4 Å². The van der Waals surface area contributed by atoms with Gasteiger partial charge in [-0.2, -0.15) is 0 Å². The second-order valence-corrected chi connectivity index (χ2v) is 5.95. The molecule has 6 nitrogen and oxygen atoms in total. The number of rotatable bonds is 4. The molecule has 0 saturated heterocycles. The molecule has 1 heterocycles. The number of anilines is 2. The van der Waals surface area contributed by atoms with Crippen LogP contribution in [-0.2, 0) is 25.5 Å². The third-order valence-corrected chi connectivity index (χ3v) is 3.94. The second kappa shape index (κ2) is 7.36. The highest BCUT2D eigenvalue weighted by Gasteiger charge is 2.27. The monoisotopic (exact) mass is 358 g/mol. The number of carbonyl (C=O) groups excluding carboxylic acids is 3. The average Bonchev–Trinajstić information content (AvgIpc) is 2.61. The largest absolute Gasteiger partial charge is 0.455 e. The van der Waals surface area contributed by atoms with Crippen molar-refractivity contribution < 1.29 is 19.1 Å². The lowest BCUT2D eigenvalue weighted by Gasteiger charge is -2.28. The predicted octanol–water partition coefficient (Wildman–Crippen LogP) is 2.41. The zero-order chi connectivity index (χ0) is 17.8. The Hall–Kier alpha value is -2.86. The number of nitrogens with one attached hydrogen (secondary N) is 1. The van der Waals surface area contributed by atoms with Crippen molar-refractivity contribution in [3.05, 3.63) is 59.1 Å². The first-order chi connectivity index (χ1) is 12.0. The summed E-state index contributed by atoms with van der Waals surface area (Å²) in [5.74, 6) is -1.27. The Morgan fingerprint density at radius 2 is 1.84 bits per heavy atom. The summed E-state index contributed by atoms with van der Waals surface area (Å²) >= 11 is 5.79. The van der Waals surface area contributed by atoms with E-state index in [4.69, 9.17) is 16.3 Å². The number of ether oxygens (including phenoxy) is 1. The molecule has 1 aliphatic rings. The van der Waals surface area contributed by atoms with Gasteiger partial charge in [-0.1, -0.05) is 35.9 Å². The number of fused-ring (bicyclic) bond motifs is 1. The molecule has 0 fully saturated rings. The molecule has 0 unspecified atom stereocenters. The maximum atomic E-state index is 12.4. The third kappa shape index (κ3) is 4.16. The Morgan fingerprint density at radius 1 is 1.12 bits per heavy atom. The molecule has 0 radical (unpaired) electrons. The molecule has 0 aromatic heterocycles. The van der Waals surface area contributed by atoms with Crippen molar-refractivity contribution in [2.24, 2.45) is 0 Å². The number of hydrogen-bond donors (Lipinski definition) is 1. The van der Waals surface area contributed by atoms with Gasteiger partial charge in [-0.05, 0) is 29.8 Å². The number of para-hydroxylation sites is 2. The van der Waals surface area contributed by atoms with Gasteiger partial charge in [-0.25, -0.2) is 0 Å². The summed E-state index contributed by atoms with van der Waals surface area (Å²) in [6.45, 7) is -0.529. The van der Waals surface area contributed by atoms with E-state index in [2.05, 4.69) is 5.32 Å². The summed E-state index contributed by atoms with van der Waals surface area (Å²) in [6.07, 6.45) is 0.0432. The molecular formula is C18H15ClN2O4. The highest BCUT2D eigenvalue weighted by molar-refractivity contribution is 6.30. The second-order valence-electron chi connectivity index (χ2n) is 5.51. The lowest BCUT2D eigenvalue weighted by molar-refractivity contribution is -0.147. The van der Waals surface area contributed by atoms with Crippen LogP contribution in [0.1, 0.15) is 5.56 Å². The normalized spacial score (nSPS) is 13.0. The first-order valence-corrected chi connectivity index (χ1v) is 8.00. The van der Waals surface area contributed by atoms with Gasteiger partial charge in [-0.15, -0.1) is 0 Å². The number of carbonyl (C=O) groups is 3. The Kier molecular flexibility index (Phi) is 5.00. The van der Waals surface area contributed by atoms with Gasteiger partial charge in [0, 0.05) is 5.02 Å². The lowest BCUT2D eigenvalue weighted by Crippen LogP contribution is -2.44. The van der Waals surface area contributed by atoms with E-state index < -0.39 is 18.5 Å². The number of hydrogen-bond acceptors (Lipinski definition) is 4. The molecular weight excluding hydrogens is 344 g/mol. The minimum Gasteiger partial charge on any atom is -0.455 e. The SMILES string of the molecule is O=C1CN(C(=O)COC(=O)Cc2ccc(Cl)cc2)c2ccccc2N1. The van der Waals surface area contributed by atoms with Gasteiger partial charge in [0.25, 0.3) is 5.91 Å². The van der Waals surface area contributed by atoms with Crippen molar-refractivity contribution in [3.63, 3.8) is 0 Å². The summed E-state index contributed by atoms with van der Waals surface area (Å²) in [6, 6.07) is 13.8. The molecule has 128 valence electrons. The molecule has 3 rings (SSSR count). The number of amides is 2. The van der Waals surface area contributed by atoms with Crippen LogP contribution in [0.5, 0.6) is 0 Å². The highest BCUT2D eigenvalue weighted by Crippen LogP contribution is 2.28. The van der Waals surface area contributed by atoms with Crippen molar-refractivity contribution in [2.75, 3.05) is 23.4 Å². The Bertz CT molecular complexity index is 820. The molecule has 0 spiro atoms. The molecule has 2 aromatic rings. The number of halogens is 1. The quantitative estimate of drug-likeness (QED) is 0.852. The zero-order valence-corrected chi connectivity index (χ0v) is 14.0. The molecule has 0 saturated carbocycles. The summed E-state index contributed by atoms with van der Waals surface area (Å²) in [7, 11) is 0. The molecule has 2 aromatic carbocycles. The van der Waals surface area contributed by atoms with E-state index in [-0.39, 0.29) is 18.9 Å². The van der Waals surface area contributed by atoms with Gasteiger partial charge in [0.15, 0.2) is 6.61 Å². The molecule has 1 aliphatic heterocycles. The van der Waals surface area contributed by atoms with Gasteiger partial charge in [0.1, 0.15) is 6.54 Å². The fraction of sp³-hybridized carbons (Fsp3) is 0.167. The van der Waals surface area contributed by atoms with E-state index >= 15 is 0 Å². The smallest absolute Gasteiger partial charge is 0.310 e. The van der Waals surface area contributed by atoms with E-state index in [0.29, 0.717) is 16.4 Å². The number of esters is 1. The van der Waals surface area contributed by atoms with E-state index in [0.717, 1.165) is 5.56 Å². The van der Waals surface area contributed by atoms with Crippen LogP contribution in [0.15, 0.2) is 48.5 Å². The van der Waals surface area contributed by atoms with Gasteiger partial charge >= 0.3 is 5.97 Å². The van der Waals surface area contributed by atoms with E-state index in [1.54, 1.807) is 48.5 Å². The maximum Gasteiger partial charge on any atom is 0.310 e. The van der Waals surface area contributed by atoms with E-state index in [9.17, 15) is 14.4 Å². The van der Waals surface area contributed by atoms with E-state index in [1.165, 1.54) is 4.90 Å². The topological polar surface area (TPSA) is 75.7 Å². The van der Waals surface area contributed by atoms with Crippen molar-refractivity contribution in [1.29, 1.82) is 0 Å². The van der Waals surface area contributed by atoms with Crippen molar-refractivity contribution in [3.8, 4) is 0 Å². The molecule has 0 atom stereocenters. The summed E-state index contributed by atoms with van der Waals surface area (Å²) in [4.78, 5) is 37.3. The third-order valence-electron chi connectivity index (χ3n) is 3.69. The molecule has 1 N–H and O–H groups in total. The molecule has 25 heavy (non-hydrogen) atoms. The lowest BCUT2D eigenvalue weighted by atomic mass is 10.1. The first-order valence-electron chi connectivity index (χ1n) is 7.62. The Morgan fingerprint density at radius 3 is 2.60 bits per heavy atom. The van der Waals surface area contributed by atoms with Gasteiger partial charge in [0.2, 0.25) is 5.91 Å². The van der Waals surface area contributed by atoms with Gasteiger partial charge in [-0.3, -0.25) is 19.3 Å². The first kappa shape index (κ1) is 17.0. The van der Waals surface area contributed by atoms with Crippen molar-refractivity contribution in [2.45, 2.75) is 6.42 Å². The highest BCUT2D eigenvalue weighted by atomic mass is 35.5. The standard InChI is InChI=1S/C18H15ClN2O4/c19-13-7-5-12(6-8-13)9-18(24)25-11-17(23)21-10-16(22)20-14-3-1-2-4-15(14)21/h1-8H,9-11H2,(H,20,22). The summed E-state index contributed by atoms with van der Waals surface area (Å²) < 4.78 is 5.05. The minimum absolute atomic E-state index is 0.0432. The summed E-state index contributed by atoms with van der Waals surface area (Å²) in [5.41, 5.74) is 1.88. The van der Waals surface area contributed by atoms with Gasteiger partial charge < -0.3 is 10.1 Å². The average molecular weight is 359 g/mol. The minimum atomic E-state index is -0.523. The van der Waals surface area contributed by atoms with Crippen molar-refractivity contribution in [1.82, 2.24) is 0 Å². The predicted molar refractivity (Wildman–Crippen MR) is 93.5 cm³/mol. The van der Waals surface area contributed by atoms with Crippen LogP contribution in [0, 0.1) is 0 Å². The Labute approximate surface area is 149 Å². The van der Waals surface area contributed by atoms with Crippen LogP contribution < -0.4 is 10.2 Å². The maximum absolute atomic E-state index is 12.4. The van der Waals surface area contributed by atoms with Crippen LogP contribution >= 0.6 is 11.6 Å². The van der Waals surface area contributed by atoms with E-state index in [1.807, 2.05) is 0 Å². The summed E-state index contributed by atoms with van der Waals surface area (Å²) in [5, 5.41) is 3.27. The number of nitrogens with zero attached hydrogens (tertiary/aromatic N) is 1. The zero-order valence-electron chi connectivity index (χ0n) is 13.2. The van der Waals surface area contributed by atoms with Crippen molar-refractivity contribution >= 4 is 40.8 Å². The molecule has 2 amide bonds. The molecule has 0 bridgehead atoms. The molecule has 7 heteroatoms. The fourth-order valence-electron chi connectivity index (χ4n) is 2.50. The number of benzene rings is 2. The van der Waals surface area contributed by atoms with Crippen LogP contribution in [-0.4, -0.2) is 30.9 Å². The fourth-order valence-corrected chi connectivity index (χ4v) is 2.62. The Balaban J connectivity index is 1.60. The van der Waals surface area contributed by atoms with Crippen LogP contribution in [0.25, 0.3) is 0 Å². The van der Waals surface area contributed by atoms with Gasteiger partial charge in [0.05, 0.1) is 17.8 Å².